The first kappa shape index (κ1) is 24.0. The van der Waals surface area contributed by atoms with Gasteiger partial charge in [0.25, 0.3) is 5.91 Å². The molecule has 1 amide bonds. The van der Waals surface area contributed by atoms with Crippen LogP contribution in [0.2, 0.25) is 0 Å². The van der Waals surface area contributed by atoms with Crippen molar-refractivity contribution in [1.29, 1.82) is 0 Å². The number of carbonyl (C=O) groups excluding carboxylic acids is 2. The van der Waals surface area contributed by atoms with Crippen molar-refractivity contribution in [3.8, 4) is 0 Å². The Hall–Kier alpha value is -1.31. The normalized spacial score (nSPS) is 27.2. The third-order valence-corrected chi connectivity index (χ3v) is 6.40. The maximum atomic E-state index is 12.7. The molecule has 166 valence electrons. The van der Waals surface area contributed by atoms with Crippen LogP contribution >= 0.6 is 0 Å². The molecule has 0 aromatic rings. The molecule has 8 heteroatoms. The first-order chi connectivity index (χ1) is 13.0. The zero-order valence-electron chi connectivity index (χ0n) is 19.2. The monoisotopic (exact) mass is 409 g/mol. The smallest absolute Gasteiger partial charge is 0.424 e. The van der Waals surface area contributed by atoms with Gasteiger partial charge >= 0.3 is 6.08 Å². The standard InChI is InChI=1S/C21H37N4O4/c1-18(2)9-15(10-19(3,4)24(18)28)22-17(27)13-23(14-26)16-11-20(5,6)25(29)21(7,8)12-16/h15-16H,9-13H2,1-8H3,(H,22,27)/q-1. The molecule has 2 saturated heterocycles. The summed E-state index contributed by atoms with van der Waals surface area (Å²) in [5.74, 6) is -0.260. The van der Waals surface area contributed by atoms with Gasteiger partial charge in [0.15, 0.2) is 6.04 Å². The summed E-state index contributed by atoms with van der Waals surface area (Å²) in [6.07, 6.45) is 3.97. The highest BCUT2D eigenvalue weighted by Gasteiger charge is 2.46. The third-order valence-electron chi connectivity index (χ3n) is 6.40. The first-order valence-electron chi connectivity index (χ1n) is 10.4. The van der Waals surface area contributed by atoms with E-state index in [0.29, 0.717) is 25.7 Å². The van der Waals surface area contributed by atoms with Crippen LogP contribution in [-0.2, 0) is 9.59 Å². The summed E-state index contributed by atoms with van der Waals surface area (Å²) < 4.78 is 1.39. The summed E-state index contributed by atoms with van der Waals surface area (Å²) in [4.78, 5) is 24.4. The molecule has 2 rings (SSSR count). The van der Waals surface area contributed by atoms with E-state index < -0.39 is 22.2 Å². The summed E-state index contributed by atoms with van der Waals surface area (Å²) >= 11 is 0. The lowest BCUT2D eigenvalue weighted by molar-refractivity contribution is -0.562. The number of amides is 1. The number of piperidine rings is 2. The lowest BCUT2D eigenvalue weighted by Crippen LogP contribution is -2.63. The van der Waals surface area contributed by atoms with E-state index in [1.807, 2.05) is 61.5 Å². The van der Waals surface area contributed by atoms with E-state index in [2.05, 4.69) is 5.32 Å². The largest absolute Gasteiger partial charge is 0.784 e. The lowest BCUT2D eigenvalue weighted by Gasteiger charge is -2.60. The molecule has 0 atom stereocenters. The van der Waals surface area contributed by atoms with Crippen molar-refractivity contribution in [3.63, 3.8) is 0 Å². The van der Waals surface area contributed by atoms with Crippen molar-refractivity contribution in [3.05, 3.63) is 10.4 Å². The minimum Gasteiger partial charge on any atom is -0.784 e. The minimum absolute atomic E-state index is 0.0996. The predicted molar refractivity (Wildman–Crippen MR) is 112 cm³/mol. The van der Waals surface area contributed by atoms with E-state index in [-0.39, 0.29) is 24.5 Å². The molecule has 1 N–H and O–H groups in total. The molecule has 0 aromatic carbocycles. The van der Waals surface area contributed by atoms with Gasteiger partial charge < -0.3 is 25.9 Å². The van der Waals surface area contributed by atoms with Gasteiger partial charge in [0.1, 0.15) is 0 Å². The minimum atomic E-state index is -0.632. The number of isocyanates is 1. The van der Waals surface area contributed by atoms with E-state index >= 15 is 0 Å². The molecular weight excluding hydrogens is 372 g/mol. The molecule has 0 bridgehead atoms. The summed E-state index contributed by atoms with van der Waals surface area (Å²) in [6, 6.07) is -0.368. The number of hydroxylamine groups is 4. The van der Waals surface area contributed by atoms with Gasteiger partial charge in [-0.3, -0.25) is 4.79 Å². The molecule has 0 spiro atoms. The zero-order chi connectivity index (χ0) is 22.4. The summed E-state index contributed by atoms with van der Waals surface area (Å²) in [7, 11) is 0. The van der Waals surface area contributed by atoms with Gasteiger partial charge in [0.05, 0.1) is 0 Å². The van der Waals surface area contributed by atoms with Crippen LogP contribution < -0.4 is 5.32 Å². The maximum Gasteiger partial charge on any atom is 0.424 e. The zero-order valence-corrected chi connectivity index (χ0v) is 19.2. The van der Waals surface area contributed by atoms with E-state index in [1.165, 1.54) is 4.58 Å². The van der Waals surface area contributed by atoms with Crippen molar-refractivity contribution in [2.24, 2.45) is 0 Å². The topological polar surface area (TPSA) is 102 Å². The molecule has 0 saturated carbocycles. The van der Waals surface area contributed by atoms with Gasteiger partial charge in [-0.2, -0.15) is 4.79 Å². The van der Waals surface area contributed by atoms with Gasteiger partial charge in [-0.15, -0.1) is 4.58 Å². The molecular formula is C21H37N4O4-. The summed E-state index contributed by atoms with van der Waals surface area (Å²) in [5, 5.41) is 30.3. The fourth-order valence-electron chi connectivity index (χ4n) is 5.46. The Morgan fingerprint density at radius 3 is 1.66 bits per heavy atom. The Kier molecular flexibility index (Phi) is 6.40. The Labute approximate surface area is 174 Å². The van der Waals surface area contributed by atoms with E-state index in [4.69, 9.17) is 0 Å². The quantitative estimate of drug-likeness (QED) is 0.435. The highest BCUT2D eigenvalue weighted by Crippen LogP contribution is 2.39. The third kappa shape index (κ3) is 5.06. The number of hydrogen-bond acceptors (Lipinski definition) is 6. The molecule has 2 aliphatic rings. The van der Waals surface area contributed by atoms with Crippen molar-refractivity contribution in [2.45, 2.75) is 115 Å². The van der Waals surface area contributed by atoms with Crippen molar-refractivity contribution >= 4 is 12.0 Å². The van der Waals surface area contributed by atoms with Crippen LogP contribution in [0.5, 0.6) is 0 Å². The molecule has 2 aliphatic heterocycles. The predicted octanol–water partition coefficient (Wildman–Crippen LogP) is 2.49. The van der Waals surface area contributed by atoms with Crippen LogP contribution in [0.15, 0.2) is 0 Å². The number of carbonyl (C=O) groups is 1. The first-order valence-corrected chi connectivity index (χ1v) is 10.4. The van der Waals surface area contributed by atoms with E-state index in [1.54, 1.807) is 0 Å². The molecule has 0 radical (unpaired) electrons. The summed E-state index contributed by atoms with van der Waals surface area (Å²) in [5.41, 5.74) is -2.42. The summed E-state index contributed by atoms with van der Waals surface area (Å²) in [6.45, 7) is 14.9. The fourth-order valence-corrected chi connectivity index (χ4v) is 5.46. The highest BCUT2D eigenvalue weighted by atomic mass is 16.5. The van der Waals surface area contributed by atoms with E-state index in [0.717, 1.165) is 10.1 Å². The van der Waals surface area contributed by atoms with Gasteiger partial charge in [0, 0.05) is 41.0 Å². The highest BCUT2D eigenvalue weighted by molar-refractivity contribution is 5.77. The van der Waals surface area contributed by atoms with Crippen LogP contribution in [0.4, 0.5) is 0 Å². The van der Waals surface area contributed by atoms with Crippen LogP contribution in [-0.4, -0.2) is 67.5 Å². The maximum absolute atomic E-state index is 12.7. The second-order valence-corrected chi connectivity index (χ2v) is 11.3. The lowest BCUT2D eigenvalue weighted by atomic mass is 9.78. The molecule has 8 nitrogen and oxygen atoms in total. The molecule has 2 heterocycles. The van der Waals surface area contributed by atoms with Crippen LogP contribution in [0.25, 0.3) is 0 Å². The molecule has 2 fully saturated rings. The number of nitrogens with one attached hydrogen (secondary N) is 1. The number of nitrogens with zero attached hydrogens (tertiary/aromatic N) is 3. The SMILES string of the molecule is CC1(C)CC(NC(=O)C[N+](=C=O)C2CC(C)(C)N([O-])C(C)(C)C2)CC(C)(C)N1[O-]. The van der Waals surface area contributed by atoms with Crippen molar-refractivity contribution < 1.29 is 14.2 Å². The Balaban J connectivity index is 2.07. The van der Waals surface area contributed by atoms with Gasteiger partial charge in [-0.25, -0.2) is 0 Å². The molecule has 0 aromatic heterocycles. The number of hydrogen-bond donors (Lipinski definition) is 1. The average molecular weight is 410 g/mol. The Bertz CT molecular complexity index is 659. The Morgan fingerprint density at radius 2 is 1.28 bits per heavy atom. The second-order valence-electron chi connectivity index (χ2n) is 11.3. The van der Waals surface area contributed by atoms with Crippen molar-refractivity contribution in [1.82, 2.24) is 15.4 Å². The van der Waals surface area contributed by atoms with Crippen LogP contribution in [0, 0.1) is 10.4 Å². The van der Waals surface area contributed by atoms with E-state index in [9.17, 15) is 20.0 Å². The van der Waals surface area contributed by atoms with Gasteiger partial charge in [0.2, 0.25) is 6.54 Å². The van der Waals surface area contributed by atoms with Crippen LogP contribution in [0.1, 0.15) is 81.1 Å². The number of rotatable bonds is 4. The Morgan fingerprint density at radius 1 is 0.897 bits per heavy atom. The molecule has 0 unspecified atom stereocenters. The van der Waals surface area contributed by atoms with Gasteiger partial charge in [-0.05, 0) is 68.2 Å². The molecule has 0 aliphatic carbocycles. The van der Waals surface area contributed by atoms with Gasteiger partial charge in [-0.1, -0.05) is 0 Å². The van der Waals surface area contributed by atoms with Crippen molar-refractivity contribution in [2.75, 3.05) is 6.54 Å². The fraction of sp³-hybridized carbons (Fsp3) is 0.905. The van der Waals surface area contributed by atoms with Crippen LogP contribution in [0.3, 0.4) is 0 Å². The average Bonchev–Trinajstić information content (AvgIpc) is 2.54. The molecule has 29 heavy (non-hydrogen) atoms. The second kappa shape index (κ2) is 7.75.